The normalized spacial score (nSPS) is 10.8. The van der Waals surface area contributed by atoms with Crippen molar-refractivity contribution in [2.75, 3.05) is 14.2 Å². The van der Waals surface area contributed by atoms with Crippen molar-refractivity contribution < 1.29 is 18.7 Å². The summed E-state index contributed by atoms with van der Waals surface area (Å²) < 4.78 is 24.1. The lowest BCUT2D eigenvalue weighted by molar-refractivity contribution is 0.0597. The Morgan fingerprint density at radius 2 is 1.88 bits per heavy atom. The Morgan fingerprint density at radius 1 is 1.15 bits per heavy atom. The van der Waals surface area contributed by atoms with Crippen molar-refractivity contribution >= 4 is 39.5 Å². The number of pyridine rings is 1. The molecule has 0 saturated heterocycles. The molecule has 6 heteroatoms. The first kappa shape index (κ1) is 18.6. The Bertz CT molecular complexity index is 957. The van der Waals surface area contributed by atoms with Crippen LogP contribution >= 0.6 is 22.6 Å². The fraction of sp³-hybridized carbons (Fsp3) is 0.200. The molecule has 1 heterocycles. The van der Waals surface area contributed by atoms with Crippen LogP contribution in [0.5, 0.6) is 5.75 Å². The molecule has 0 fully saturated rings. The molecule has 1 aromatic heterocycles. The molecule has 0 unspecified atom stereocenters. The van der Waals surface area contributed by atoms with Gasteiger partial charge in [0, 0.05) is 16.0 Å². The zero-order valence-corrected chi connectivity index (χ0v) is 16.5. The smallest absolute Gasteiger partial charge is 0.341 e. The van der Waals surface area contributed by atoms with Gasteiger partial charge in [-0.2, -0.15) is 0 Å². The van der Waals surface area contributed by atoms with Gasteiger partial charge < -0.3 is 9.47 Å². The van der Waals surface area contributed by atoms with Gasteiger partial charge in [-0.05, 0) is 47.4 Å². The highest BCUT2D eigenvalue weighted by molar-refractivity contribution is 14.1. The van der Waals surface area contributed by atoms with E-state index in [1.54, 1.807) is 24.4 Å². The number of fused-ring (bicyclic) bond motifs is 1. The van der Waals surface area contributed by atoms with Gasteiger partial charge in [0.05, 0.1) is 14.2 Å². The van der Waals surface area contributed by atoms with Crippen molar-refractivity contribution in [1.82, 2.24) is 4.98 Å². The van der Waals surface area contributed by atoms with Crippen molar-refractivity contribution in [3.8, 4) is 5.75 Å². The Balaban J connectivity index is 2.11. The number of ether oxygens (including phenoxy) is 2. The van der Waals surface area contributed by atoms with Crippen LogP contribution in [0.15, 0.2) is 42.6 Å². The van der Waals surface area contributed by atoms with Crippen LogP contribution in [0.3, 0.4) is 0 Å². The van der Waals surface area contributed by atoms with Gasteiger partial charge in [-0.25, -0.2) is 9.18 Å². The monoisotopic (exact) mass is 465 g/mol. The van der Waals surface area contributed by atoms with Gasteiger partial charge in [-0.15, -0.1) is 0 Å². The number of rotatable bonds is 5. The maximum atomic E-state index is 13.1. The number of aromatic nitrogens is 1. The van der Waals surface area contributed by atoms with Crippen molar-refractivity contribution in [2.24, 2.45) is 0 Å². The summed E-state index contributed by atoms with van der Waals surface area (Å²) in [6.07, 6.45) is 2.40. The fourth-order valence-corrected chi connectivity index (χ4v) is 3.52. The molecular formula is C20H17FINO3. The number of hydrogen-bond donors (Lipinski definition) is 0. The number of hydrogen-bond acceptors (Lipinski definition) is 4. The van der Waals surface area contributed by atoms with E-state index in [-0.39, 0.29) is 5.82 Å². The number of benzene rings is 2. The van der Waals surface area contributed by atoms with E-state index in [1.165, 1.54) is 26.4 Å². The summed E-state index contributed by atoms with van der Waals surface area (Å²) in [5.74, 6) is -0.293. The summed E-state index contributed by atoms with van der Waals surface area (Å²) in [5.41, 5.74) is 3.98. The molecule has 3 rings (SSSR count). The SMILES string of the molecule is COC(=O)c1cc(CI)c2cc(Cc3ccc(F)cc3)cnc2c1OC. The maximum absolute atomic E-state index is 13.1. The molecular weight excluding hydrogens is 448 g/mol. The third-order valence-electron chi connectivity index (χ3n) is 4.14. The number of methoxy groups -OCH3 is 2. The number of alkyl halides is 1. The largest absolute Gasteiger partial charge is 0.494 e. The topological polar surface area (TPSA) is 48.4 Å². The zero-order valence-electron chi connectivity index (χ0n) is 14.4. The van der Waals surface area contributed by atoms with Crippen molar-refractivity contribution in [3.63, 3.8) is 0 Å². The van der Waals surface area contributed by atoms with Crippen LogP contribution < -0.4 is 4.74 Å². The minimum atomic E-state index is -0.452. The molecule has 2 aromatic carbocycles. The van der Waals surface area contributed by atoms with Gasteiger partial charge in [0.15, 0.2) is 5.75 Å². The minimum absolute atomic E-state index is 0.252. The minimum Gasteiger partial charge on any atom is -0.494 e. The average Bonchev–Trinajstić information content (AvgIpc) is 2.67. The lowest BCUT2D eigenvalue weighted by atomic mass is 10.00. The molecule has 0 radical (unpaired) electrons. The lowest BCUT2D eigenvalue weighted by Crippen LogP contribution is -2.06. The summed E-state index contributed by atoms with van der Waals surface area (Å²) in [5, 5.41) is 0.934. The van der Waals surface area contributed by atoms with Crippen LogP contribution in [0.2, 0.25) is 0 Å². The first-order chi connectivity index (χ1) is 12.6. The van der Waals surface area contributed by atoms with Gasteiger partial charge in [0.1, 0.15) is 16.9 Å². The third kappa shape index (κ3) is 3.65. The van der Waals surface area contributed by atoms with Gasteiger partial charge in [0.2, 0.25) is 0 Å². The van der Waals surface area contributed by atoms with Gasteiger partial charge in [0.25, 0.3) is 0 Å². The van der Waals surface area contributed by atoms with E-state index < -0.39 is 5.97 Å². The van der Waals surface area contributed by atoms with Crippen LogP contribution in [0.4, 0.5) is 4.39 Å². The maximum Gasteiger partial charge on any atom is 0.341 e. The summed E-state index contributed by atoms with van der Waals surface area (Å²) in [7, 11) is 2.86. The number of halogens is 2. The van der Waals surface area contributed by atoms with E-state index in [9.17, 15) is 9.18 Å². The quantitative estimate of drug-likeness (QED) is 0.312. The second-order valence-electron chi connectivity index (χ2n) is 5.78. The predicted molar refractivity (Wildman–Crippen MR) is 107 cm³/mol. The molecule has 4 nitrogen and oxygen atoms in total. The van der Waals surface area contributed by atoms with E-state index in [1.807, 2.05) is 6.07 Å². The lowest BCUT2D eigenvalue weighted by Gasteiger charge is -2.14. The first-order valence-electron chi connectivity index (χ1n) is 7.94. The highest BCUT2D eigenvalue weighted by Gasteiger charge is 2.20. The molecule has 0 atom stereocenters. The van der Waals surface area contributed by atoms with E-state index in [0.717, 1.165) is 22.1 Å². The highest BCUT2D eigenvalue weighted by Crippen LogP contribution is 2.33. The van der Waals surface area contributed by atoms with Crippen molar-refractivity contribution in [2.45, 2.75) is 10.8 Å². The molecule has 134 valence electrons. The van der Waals surface area contributed by atoms with Crippen LogP contribution in [0.1, 0.15) is 27.0 Å². The fourth-order valence-electron chi connectivity index (χ4n) is 2.89. The van der Waals surface area contributed by atoms with Gasteiger partial charge >= 0.3 is 5.97 Å². The van der Waals surface area contributed by atoms with E-state index in [2.05, 4.69) is 27.6 Å². The Hall–Kier alpha value is -2.22. The molecule has 0 spiro atoms. The predicted octanol–water partition coefficient (Wildman–Crippen LogP) is 4.69. The number of carbonyl (C=O) groups is 1. The van der Waals surface area contributed by atoms with Gasteiger partial charge in [-0.1, -0.05) is 34.7 Å². The van der Waals surface area contributed by atoms with Crippen LogP contribution in [-0.2, 0) is 15.6 Å². The Labute approximate surface area is 164 Å². The van der Waals surface area contributed by atoms with Crippen LogP contribution in [0, 0.1) is 5.82 Å². The molecule has 0 aliphatic rings. The summed E-state index contributed by atoms with van der Waals surface area (Å²) in [6, 6.07) is 10.3. The molecule has 0 aliphatic heterocycles. The number of nitrogens with zero attached hydrogens (tertiary/aromatic N) is 1. The Morgan fingerprint density at radius 3 is 2.50 bits per heavy atom. The van der Waals surface area contributed by atoms with Crippen molar-refractivity contribution in [3.05, 3.63) is 70.7 Å². The van der Waals surface area contributed by atoms with Crippen molar-refractivity contribution in [1.29, 1.82) is 0 Å². The average molecular weight is 465 g/mol. The highest BCUT2D eigenvalue weighted by atomic mass is 127. The Kier molecular flexibility index (Phi) is 5.70. The first-order valence-corrected chi connectivity index (χ1v) is 9.47. The molecule has 0 aliphatic carbocycles. The van der Waals surface area contributed by atoms with Crippen LogP contribution in [0.25, 0.3) is 10.9 Å². The number of esters is 1. The van der Waals surface area contributed by atoms with E-state index >= 15 is 0 Å². The number of carbonyl (C=O) groups excluding carboxylic acids is 1. The molecule has 0 saturated carbocycles. The second kappa shape index (κ2) is 7.99. The summed E-state index contributed by atoms with van der Waals surface area (Å²) in [6.45, 7) is 0. The molecule has 0 amide bonds. The zero-order chi connectivity index (χ0) is 18.7. The molecule has 3 aromatic rings. The molecule has 0 N–H and O–H groups in total. The third-order valence-corrected chi connectivity index (χ3v) is 4.97. The van der Waals surface area contributed by atoms with Gasteiger partial charge in [-0.3, -0.25) is 4.98 Å². The standard InChI is InChI=1S/C20H17FINO3/c1-25-19-17(20(24)26-2)9-14(10-22)16-8-13(11-23-18(16)19)7-12-3-5-15(21)6-4-12/h3-6,8-9,11H,7,10H2,1-2H3. The second-order valence-corrected chi connectivity index (χ2v) is 6.55. The molecule has 26 heavy (non-hydrogen) atoms. The van der Waals surface area contributed by atoms with E-state index in [4.69, 9.17) is 9.47 Å². The van der Waals surface area contributed by atoms with Crippen LogP contribution in [-0.4, -0.2) is 25.2 Å². The van der Waals surface area contributed by atoms with E-state index in [0.29, 0.717) is 27.7 Å². The molecule has 0 bridgehead atoms. The summed E-state index contributed by atoms with van der Waals surface area (Å²) >= 11 is 2.25. The summed E-state index contributed by atoms with van der Waals surface area (Å²) in [4.78, 5) is 16.6.